The van der Waals surface area contributed by atoms with E-state index in [1.807, 2.05) is 13.8 Å². The van der Waals surface area contributed by atoms with Crippen molar-refractivity contribution < 1.29 is 18.4 Å². The maximum absolute atomic E-state index is 11.8. The molecule has 0 aliphatic heterocycles. The summed E-state index contributed by atoms with van der Waals surface area (Å²) in [6.45, 7) is 7.09. The molecule has 0 heterocycles. The third-order valence-corrected chi connectivity index (χ3v) is 3.93. The molecule has 0 fully saturated rings. The summed E-state index contributed by atoms with van der Waals surface area (Å²) in [6, 6.07) is 0. The van der Waals surface area contributed by atoms with Crippen LogP contribution >= 0.6 is 7.60 Å². The molecule has 0 saturated carbocycles. The van der Waals surface area contributed by atoms with Crippen LogP contribution in [0.3, 0.4) is 0 Å². The number of carbonyl (C=O) groups excluding carboxylic acids is 1. The normalized spacial score (nSPS) is 15.8. The van der Waals surface area contributed by atoms with Gasteiger partial charge in [0.25, 0.3) is 0 Å². The second-order valence-corrected chi connectivity index (χ2v) is 6.80. The first-order valence-electron chi connectivity index (χ1n) is 5.56. The van der Waals surface area contributed by atoms with Crippen molar-refractivity contribution >= 4 is 13.4 Å². The topological polar surface area (TPSA) is 52.6 Å². The third kappa shape index (κ3) is 5.78. The summed E-state index contributed by atoms with van der Waals surface area (Å²) >= 11 is 0. The van der Waals surface area contributed by atoms with Gasteiger partial charge >= 0.3 is 7.60 Å². The van der Waals surface area contributed by atoms with Crippen LogP contribution in [0.1, 0.15) is 40.0 Å². The Labute approximate surface area is 98.2 Å². The van der Waals surface area contributed by atoms with Gasteiger partial charge in [0.05, 0.1) is 0 Å². The highest BCUT2D eigenvalue weighted by Crippen LogP contribution is 2.43. The maximum Gasteiger partial charge on any atom is 0.327 e. The smallest absolute Gasteiger partial charge is 0.312 e. The van der Waals surface area contributed by atoms with Crippen molar-refractivity contribution in [3.05, 3.63) is 0 Å². The Hall–Kier alpha value is -0.180. The van der Waals surface area contributed by atoms with Crippen molar-refractivity contribution in [2.45, 2.75) is 40.0 Å². The number of unbranched alkanes of at least 4 members (excludes halogenated alkanes) is 1. The van der Waals surface area contributed by atoms with Crippen molar-refractivity contribution in [2.24, 2.45) is 5.41 Å². The number of rotatable bonds is 8. The van der Waals surface area contributed by atoms with Gasteiger partial charge in [0, 0.05) is 19.2 Å². The summed E-state index contributed by atoms with van der Waals surface area (Å²) in [5.41, 5.74) is -0.413. The molecule has 5 heteroatoms. The molecular weight excluding hydrogens is 227 g/mol. The van der Waals surface area contributed by atoms with Crippen molar-refractivity contribution in [3.8, 4) is 0 Å². The number of hydrogen-bond donors (Lipinski definition) is 0. The second kappa shape index (κ2) is 6.53. The molecule has 0 bridgehead atoms. The molecule has 0 radical (unpaired) electrons. The molecule has 0 saturated heterocycles. The minimum Gasteiger partial charge on any atom is -0.312 e. The van der Waals surface area contributed by atoms with Crippen LogP contribution < -0.4 is 0 Å². The van der Waals surface area contributed by atoms with E-state index < -0.39 is 13.0 Å². The number of Topliss-reactive ketones (excluding diaryl/α,β-unsaturated/α-hetero) is 1. The molecule has 0 aliphatic rings. The highest BCUT2D eigenvalue weighted by molar-refractivity contribution is 7.52. The van der Waals surface area contributed by atoms with Crippen LogP contribution in [0.4, 0.5) is 0 Å². The third-order valence-electron chi connectivity index (χ3n) is 2.67. The van der Waals surface area contributed by atoms with Crippen molar-refractivity contribution in [2.75, 3.05) is 20.4 Å². The van der Waals surface area contributed by atoms with Crippen molar-refractivity contribution in [1.82, 2.24) is 0 Å². The highest BCUT2D eigenvalue weighted by Gasteiger charge is 2.28. The molecule has 1 unspecified atom stereocenters. The van der Waals surface area contributed by atoms with Crippen molar-refractivity contribution in [3.63, 3.8) is 0 Å². The summed E-state index contributed by atoms with van der Waals surface area (Å²) in [7, 11) is -1.73. The Morgan fingerprint density at radius 2 is 1.94 bits per heavy atom. The van der Waals surface area contributed by atoms with E-state index in [4.69, 9.17) is 4.52 Å². The minimum absolute atomic E-state index is 0.0277. The van der Waals surface area contributed by atoms with E-state index in [1.165, 1.54) is 13.8 Å². The van der Waals surface area contributed by atoms with Crippen LogP contribution in [0.2, 0.25) is 0 Å². The van der Waals surface area contributed by atoms with Crippen LogP contribution in [-0.4, -0.2) is 26.2 Å². The molecule has 0 aromatic rings. The fourth-order valence-electron chi connectivity index (χ4n) is 1.18. The lowest BCUT2D eigenvalue weighted by molar-refractivity contribution is -0.129. The van der Waals surface area contributed by atoms with Gasteiger partial charge in [-0.15, -0.1) is 0 Å². The lowest BCUT2D eigenvalue weighted by Crippen LogP contribution is -2.27. The van der Waals surface area contributed by atoms with E-state index >= 15 is 0 Å². The average molecular weight is 250 g/mol. The van der Waals surface area contributed by atoms with E-state index in [1.54, 1.807) is 0 Å². The molecular formula is C11H23O4P. The zero-order valence-corrected chi connectivity index (χ0v) is 11.8. The van der Waals surface area contributed by atoms with E-state index in [-0.39, 0.29) is 12.4 Å². The first-order valence-corrected chi connectivity index (χ1v) is 7.55. The fourth-order valence-corrected chi connectivity index (χ4v) is 1.64. The van der Waals surface area contributed by atoms with Gasteiger partial charge in [-0.1, -0.05) is 33.6 Å². The van der Waals surface area contributed by atoms with Gasteiger partial charge in [-0.2, -0.15) is 0 Å². The van der Waals surface area contributed by atoms with E-state index in [0.29, 0.717) is 0 Å². The summed E-state index contributed by atoms with van der Waals surface area (Å²) in [5, 5.41) is 0. The van der Waals surface area contributed by atoms with E-state index in [0.717, 1.165) is 19.3 Å². The Kier molecular flexibility index (Phi) is 6.46. The maximum atomic E-state index is 11.8. The van der Waals surface area contributed by atoms with Crippen LogP contribution in [-0.2, 0) is 18.4 Å². The monoisotopic (exact) mass is 250 g/mol. The van der Waals surface area contributed by atoms with Gasteiger partial charge in [-0.3, -0.25) is 9.36 Å². The zero-order chi connectivity index (χ0) is 12.8. The molecule has 0 aromatic carbocycles. The molecule has 0 N–H and O–H groups in total. The molecule has 0 aromatic heterocycles. The summed E-state index contributed by atoms with van der Waals surface area (Å²) in [6.07, 6.45) is 2.89. The number of carbonyl (C=O) groups is 1. The van der Waals surface area contributed by atoms with Gasteiger partial charge in [0.1, 0.15) is 6.61 Å². The Balaban J connectivity index is 4.20. The lowest BCUT2D eigenvalue weighted by atomic mass is 9.83. The van der Waals surface area contributed by atoms with Gasteiger partial charge in [-0.05, 0) is 6.42 Å². The Morgan fingerprint density at radius 3 is 2.38 bits per heavy atom. The van der Waals surface area contributed by atoms with Crippen LogP contribution in [0, 0.1) is 5.41 Å². The first kappa shape index (κ1) is 15.8. The summed E-state index contributed by atoms with van der Waals surface area (Å²) in [5.74, 6) is -0.0277. The van der Waals surface area contributed by atoms with Crippen molar-refractivity contribution in [1.29, 1.82) is 0 Å². The van der Waals surface area contributed by atoms with Gasteiger partial charge < -0.3 is 9.05 Å². The van der Waals surface area contributed by atoms with Gasteiger partial charge in [-0.25, -0.2) is 0 Å². The predicted molar refractivity (Wildman–Crippen MR) is 64.8 cm³/mol. The SMILES string of the molecule is CCCCC(C)(C)C(=O)COP(C)(=O)OC. The highest BCUT2D eigenvalue weighted by atomic mass is 31.2. The second-order valence-electron chi connectivity index (χ2n) is 4.64. The first-order chi connectivity index (χ1) is 7.25. The molecule has 0 aliphatic carbocycles. The van der Waals surface area contributed by atoms with Crippen LogP contribution in [0.5, 0.6) is 0 Å². The predicted octanol–water partition coefficient (Wildman–Crippen LogP) is 3.26. The molecule has 4 nitrogen and oxygen atoms in total. The van der Waals surface area contributed by atoms with Crippen LogP contribution in [0.25, 0.3) is 0 Å². The van der Waals surface area contributed by atoms with Gasteiger partial charge in [0.2, 0.25) is 0 Å². The summed E-state index contributed by atoms with van der Waals surface area (Å²) in [4.78, 5) is 11.8. The minimum atomic E-state index is -3.04. The van der Waals surface area contributed by atoms with E-state index in [9.17, 15) is 9.36 Å². The molecule has 0 spiro atoms. The zero-order valence-electron chi connectivity index (χ0n) is 10.9. The Morgan fingerprint density at radius 1 is 1.38 bits per heavy atom. The quantitative estimate of drug-likeness (QED) is 0.620. The standard InChI is InChI=1S/C11H23O4P/c1-6-7-8-11(2,3)10(12)9-15-16(5,13)14-4/h6-9H2,1-5H3. The van der Waals surface area contributed by atoms with E-state index in [2.05, 4.69) is 11.4 Å². The number of hydrogen-bond acceptors (Lipinski definition) is 4. The van der Waals surface area contributed by atoms with Crippen LogP contribution in [0.15, 0.2) is 0 Å². The number of ketones is 1. The molecule has 96 valence electrons. The fraction of sp³-hybridized carbons (Fsp3) is 0.909. The largest absolute Gasteiger partial charge is 0.327 e. The molecule has 0 amide bonds. The molecule has 0 rings (SSSR count). The average Bonchev–Trinajstić information content (AvgIpc) is 2.23. The molecule has 1 atom stereocenters. The molecule has 16 heavy (non-hydrogen) atoms. The summed E-state index contributed by atoms with van der Waals surface area (Å²) < 4.78 is 21.1. The lowest BCUT2D eigenvalue weighted by Gasteiger charge is -2.23. The Bertz CT molecular complexity index is 273. The van der Waals surface area contributed by atoms with Gasteiger partial charge in [0.15, 0.2) is 5.78 Å².